The quantitative estimate of drug-likeness (QED) is 0.142. The molecule has 1 heterocycles. The number of aromatic nitrogens is 3. The van der Waals surface area contributed by atoms with Crippen LogP contribution in [0.1, 0.15) is 35.5 Å². The molecule has 0 saturated heterocycles. The smallest absolute Gasteiger partial charge is 0.328 e. The number of amides is 2. The fourth-order valence-corrected chi connectivity index (χ4v) is 4.67. The summed E-state index contributed by atoms with van der Waals surface area (Å²) in [6.45, 7) is 3.63. The Morgan fingerprint density at radius 3 is 2.46 bits per heavy atom. The van der Waals surface area contributed by atoms with Gasteiger partial charge in [0.2, 0.25) is 0 Å². The molecule has 0 radical (unpaired) electrons. The molecule has 1 atom stereocenters. The lowest BCUT2D eigenvalue weighted by molar-refractivity contribution is -0.384. The van der Waals surface area contributed by atoms with E-state index in [1.165, 1.54) is 36.0 Å². The van der Waals surface area contributed by atoms with Gasteiger partial charge in [-0.15, -0.1) is 10.2 Å². The largest absolute Gasteiger partial charge is 0.416 e. The van der Waals surface area contributed by atoms with E-state index in [2.05, 4.69) is 20.8 Å². The Hall–Kier alpha value is -4.39. The van der Waals surface area contributed by atoms with Gasteiger partial charge in [0.1, 0.15) is 0 Å². The maximum Gasteiger partial charge on any atom is 0.416 e. The number of hydrogen-bond donors (Lipinski definition) is 2. The number of halogens is 3. The Labute approximate surface area is 225 Å². The van der Waals surface area contributed by atoms with E-state index >= 15 is 0 Å². The van der Waals surface area contributed by atoms with Crippen molar-refractivity contribution in [3.8, 4) is 5.69 Å². The summed E-state index contributed by atoms with van der Waals surface area (Å²) < 4.78 is 40.7. The molecule has 4 rings (SSSR count). The van der Waals surface area contributed by atoms with Crippen LogP contribution in [0.15, 0.2) is 78.0 Å². The van der Waals surface area contributed by atoms with E-state index in [1.807, 2.05) is 31.2 Å². The Morgan fingerprint density at radius 1 is 1.08 bits per heavy atom. The van der Waals surface area contributed by atoms with E-state index in [9.17, 15) is 28.1 Å². The van der Waals surface area contributed by atoms with Crippen LogP contribution in [0.5, 0.6) is 0 Å². The fourth-order valence-electron chi connectivity index (χ4n) is 3.77. The zero-order valence-corrected chi connectivity index (χ0v) is 21.6. The first-order chi connectivity index (χ1) is 18.5. The predicted octanol–water partition coefficient (Wildman–Crippen LogP) is 6.68. The Bertz CT molecular complexity index is 1490. The van der Waals surface area contributed by atoms with Gasteiger partial charge in [-0.2, -0.15) is 13.2 Å². The number of hydrogen-bond acceptors (Lipinski definition) is 6. The van der Waals surface area contributed by atoms with E-state index in [-0.39, 0.29) is 11.4 Å². The lowest BCUT2D eigenvalue weighted by Gasteiger charge is -2.17. The van der Waals surface area contributed by atoms with Crippen LogP contribution in [-0.4, -0.2) is 25.7 Å². The minimum absolute atomic E-state index is 0.0271. The fraction of sp³-hybridized carbons (Fsp3) is 0.192. The summed E-state index contributed by atoms with van der Waals surface area (Å²) in [5, 5.41) is 25.2. The van der Waals surface area contributed by atoms with Crippen LogP contribution in [0.2, 0.25) is 0 Å². The molecule has 0 spiro atoms. The Morgan fingerprint density at radius 2 is 1.79 bits per heavy atom. The number of anilines is 1. The number of nitro groups is 1. The second kappa shape index (κ2) is 11.6. The molecule has 9 nitrogen and oxygen atoms in total. The second-order valence-electron chi connectivity index (χ2n) is 8.63. The molecule has 1 aromatic heterocycles. The van der Waals surface area contributed by atoms with Gasteiger partial charge in [-0.3, -0.25) is 14.7 Å². The molecule has 0 saturated carbocycles. The van der Waals surface area contributed by atoms with E-state index in [0.29, 0.717) is 22.4 Å². The molecule has 202 valence electrons. The van der Waals surface area contributed by atoms with Crippen molar-refractivity contribution in [1.82, 2.24) is 20.1 Å². The van der Waals surface area contributed by atoms with Crippen molar-refractivity contribution in [3.63, 3.8) is 0 Å². The van der Waals surface area contributed by atoms with Crippen molar-refractivity contribution in [2.45, 2.75) is 37.0 Å². The molecule has 3 aromatic carbocycles. The number of benzene rings is 3. The number of aryl methyl sites for hydroxylation is 1. The van der Waals surface area contributed by atoms with Crippen molar-refractivity contribution < 1.29 is 22.9 Å². The summed E-state index contributed by atoms with van der Waals surface area (Å²) in [5.74, 6) is 0.903. The maximum absolute atomic E-state index is 13.0. The first kappa shape index (κ1) is 27.6. The van der Waals surface area contributed by atoms with Gasteiger partial charge in [0.25, 0.3) is 5.69 Å². The Balaban J connectivity index is 1.58. The van der Waals surface area contributed by atoms with E-state index < -0.39 is 28.7 Å². The second-order valence-corrected chi connectivity index (χ2v) is 9.57. The molecule has 0 aliphatic rings. The summed E-state index contributed by atoms with van der Waals surface area (Å²) in [6, 6.07) is 16.6. The molecule has 0 aliphatic heterocycles. The van der Waals surface area contributed by atoms with Crippen LogP contribution in [0.25, 0.3) is 5.69 Å². The molecule has 2 N–H and O–H groups in total. The summed E-state index contributed by atoms with van der Waals surface area (Å²) in [6.07, 6.45) is -4.55. The number of nitro benzene ring substituents is 1. The monoisotopic (exact) mass is 556 g/mol. The zero-order valence-electron chi connectivity index (χ0n) is 20.8. The summed E-state index contributed by atoms with van der Waals surface area (Å²) in [4.78, 5) is 23.3. The van der Waals surface area contributed by atoms with Gasteiger partial charge in [-0.05, 0) is 49.7 Å². The molecule has 4 aromatic rings. The SMILES string of the molecule is Cc1cccc(CSc2nnc(C(C)NC(=O)Nc3cccc(C(F)(F)F)c3)n2-c2ccc([N+](=O)[O-])cc2)c1. The van der Waals surface area contributed by atoms with Gasteiger partial charge in [-0.25, -0.2) is 4.79 Å². The number of rotatable bonds is 8. The molecular weight excluding hydrogens is 533 g/mol. The number of carbonyl (C=O) groups excluding carboxylic acids is 1. The van der Waals surface area contributed by atoms with Crippen LogP contribution in [0, 0.1) is 17.0 Å². The standard InChI is InChI=1S/C26H23F3N6O3S/c1-16-5-3-6-18(13-16)15-39-25-33-32-23(34(25)21-9-11-22(12-10-21)35(37)38)17(2)30-24(36)31-20-8-4-7-19(14-20)26(27,28)29/h3-14,17H,15H2,1-2H3,(H2,30,31,36). The Kier molecular flexibility index (Phi) is 8.19. The van der Waals surface area contributed by atoms with Gasteiger partial charge in [0, 0.05) is 29.3 Å². The topological polar surface area (TPSA) is 115 Å². The van der Waals surface area contributed by atoms with Crippen molar-refractivity contribution in [2.24, 2.45) is 0 Å². The van der Waals surface area contributed by atoms with E-state index in [1.54, 1.807) is 23.6 Å². The normalized spacial score (nSPS) is 12.1. The maximum atomic E-state index is 13.0. The van der Waals surface area contributed by atoms with Crippen LogP contribution in [0.4, 0.5) is 29.3 Å². The molecule has 13 heteroatoms. The summed E-state index contributed by atoms with van der Waals surface area (Å²) >= 11 is 1.40. The van der Waals surface area contributed by atoms with E-state index in [4.69, 9.17) is 0 Å². The van der Waals surface area contributed by atoms with Crippen LogP contribution < -0.4 is 10.6 Å². The third kappa shape index (κ3) is 6.93. The molecule has 39 heavy (non-hydrogen) atoms. The minimum atomic E-state index is -4.55. The number of nitrogens with zero attached hydrogens (tertiary/aromatic N) is 4. The third-order valence-electron chi connectivity index (χ3n) is 5.61. The highest BCUT2D eigenvalue weighted by atomic mass is 32.2. The lowest BCUT2D eigenvalue weighted by atomic mass is 10.2. The van der Waals surface area contributed by atoms with Crippen molar-refractivity contribution in [1.29, 1.82) is 0 Å². The molecule has 0 bridgehead atoms. The van der Waals surface area contributed by atoms with Gasteiger partial charge in [-0.1, -0.05) is 47.7 Å². The van der Waals surface area contributed by atoms with Crippen LogP contribution in [0.3, 0.4) is 0 Å². The molecule has 0 fully saturated rings. The van der Waals surface area contributed by atoms with Crippen LogP contribution >= 0.6 is 11.8 Å². The molecule has 0 aliphatic carbocycles. The summed E-state index contributed by atoms with van der Waals surface area (Å²) in [7, 11) is 0. The highest BCUT2D eigenvalue weighted by Crippen LogP contribution is 2.31. The average Bonchev–Trinajstić information content (AvgIpc) is 3.31. The van der Waals surface area contributed by atoms with Crippen molar-refractivity contribution in [3.05, 3.63) is 105 Å². The first-order valence-corrected chi connectivity index (χ1v) is 12.6. The predicted molar refractivity (Wildman–Crippen MR) is 141 cm³/mol. The first-order valence-electron chi connectivity index (χ1n) is 11.6. The van der Waals surface area contributed by atoms with Gasteiger partial charge < -0.3 is 10.6 Å². The summed E-state index contributed by atoms with van der Waals surface area (Å²) in [5.41, 5.74) is 1.71. The molecule has 2 amide bonds. The van der Waals surface area contributed by atoms with E-state index in [0.717, 1.165) is 23.3 Å². The highest BCUT2D eigenvalue weighted by molar-refractivity contribution is 7.98. The number of thioether (sulfide) groups is 1. The zero-order chi connectivity index (χ0) is 28.2. The number of alkyl halides is 3. The van der Waals surface area contributed by atoms with Crippen molar-refractivity contribution in [2.75, 3.05) is 5.32 Å². The number of urea groups is 1. The van der Waals surface area contributed by atoms with Gasteiger partial charge in [0.05, 0.1) is 16.5 Å². The highest BCUT2D eigenvalue weighted by Gasteiger charge is 2.30. The number of nitrogens with one attached hydrogen (secondary N) is 2. The third-order valence-corrected chi connectivity index (χ3v) is 6.61. The lowest BCUT2D eigenvalue weighted by Crippen LogP contribution is -2.32. The van der Waals surface area contributed by atoms with Gasteiger partial charge in [0.15, 0.2) is 11.0 Å². The molecular formula is C26H23F3N6O3S. The minimum Gasteiger partial charge on any atom is -0.328 e. The van der Waals surface area contributed by atoms with Gasteiger partial charge >= 0.3 is 12.2 Å². The van der Waals surface area contributed by atoms with Crippen molar-refractivity contribution >= 4 is 29.2 Å². The number of non-ortho nitro benzene ring substituents is 1. The number of carbonyl (C=O) groups is 1. The van der Waals surface area contributed by atoms with Crippen LogP contribution in [-0.2, 0) is 11.9 Å². The average molecular weight is 557 g/mol. The molecule has 1 unspecified atom stereocenters.